The third-order valence-electron chi connectivity index (χ3n) is 11.0. The van der Waals surface area contributed by atoms with Crippen molar-refractivity contribution in [1.82, 2.24) is 0 Å². The summed E-state index contributed by atoms with van der Waals surface area (Å²) in [5, 5.41) is 10.9. The van der Waals surface area contributed by atoms with E-state index in [2.05, 4.69) is 34.6 Å². The van der Waals surface area contributed by atoms with Crippen LogP contribution in [0, 0.1) is 52.8 Å². The minimum atomic E-state index is -0.332. The lowest BCUT2D eigenvalue weighted by molar-refractivity contribution is -0.109. The molecule has 9 atom stereocenters. The molecule has 4 saturated carbocycles. The smallest absolute Gasteiger partial charge is 0.0648 e. The predicted octanol–water partition coefficient (Wildman–Crippen LogP) is 7.86. The van der Waals surface area contributed by atoms with Gasteiger partial charge in [-0.05, 0) is 117 Å². The zero-order chi connectivity index (χ0) is 20.8. The summed E-state index contributed by atoms with van der Waals surface area (Å²) in [4.78, 5) is 0. The monoisotopic (exact) mass is 402 g/mol. The molecule has 0 aromatic rings. The first-order chi connectivity index (χ1) is 13.8. The largest absolute Gasteiger partial charge is 0.390 e. The Morgan fingerprint density at radius 3 is 2.34 bits per heavy atom. The maximum Gasteiger partial charge on any atom is 0.0648 e. The number of hydrogen-bond donors (Lipinski definition) is 1. The SMILES string of the molecule is CC[C@]1(O)CC[C@H]2[C@@H](CC[C@@H]3[C@@H]2CC[C@]2(C)[C@@H]([C@H](C)CCCC(C)C)CC[C@@H]32)C1. The van der Waals surface area contributed by atoms with E-state index in [-0.39, 0.29) is 5.60 Å². The molecule has 0 amide bonds. The van der Waals surface area contributed by atoms with E-state index in [1.54, 1.807) is 0 Å². The highest BCUT2D eigenvalue weighted by Crippen LogP contribution is 2.66. The van der Waals surface area contributed by atoms with Gasteiger partial charge in [-0.15, -0.1) is 0 Å². The summed E-state index contributed by atoms with van der Waals surface area (Å²) >= 11 is 0. The van der Waals surface area contributed by atoms with Gasteiger partial charge < -0.3 is 5.11 Å². The summed E-state index contributed by atoms with van der Waals surface area (Å²) in [5.74, 6) is 7.53. The number of rotatable bonds is 6. The van der Waals surface area contributed by atoms with Crippen LogP contribution in [0.4, 0.5) is 0 Å². The van der Waals surface area contributed by atoms with Crippen molar-refractivity contribution in [1.29, 1.82) is 0 Å². The normalized spacial score (nSPS) is 48.1. The average Bonchev–Trinajstić information content (AvgIpc) is 3.04. The topological polar surface area (TPSA) is 20.2 Å². The number of aliphatic hydroxyl groups is 1. The Kier molecular flexibility index (Phi) is 6.48. The van der Waals surface area contributed by atoms with Gasteiger partial charge in [-0.25, -0.2) is 0 Å². The Balaban J connectivity index is 1.42. The molecule has 0 bridgehead atoms. The molecule has 1 heteroatoms. The maximum atomic E-state index is 10.9. The Hall–Kier alpha value is -0.0400. The third-order valence-corrected chi connectivity index (χ3v) is 11.0. The van der Waals surface area contributed by atoms with Gasteiger partial charge in [0.1, 0.15) is 0 Å². The second kappa shape index (κ2) is 8.48. The van der Waals surface area contributed by atoms with Crippen LogP contribution in [0.3, 0.4) is 0 Å². The van der Waals surface area contributed by atoms with Gasteiger partial charge in [-0.1, -0.05) is 53.9 Å². The number of fused-ring (bicyclic) bond motifs is 5. The Labute approximate surface area is 181 Å². The first-order valence-corrected chi connectivity index (χ1v) is 13.5. The fraction of sp³-hybridized carbons (Fsp3) is 1.00. The van der Waals surface area contributed by atoms with Crippen molar-refractivity contribution in [3.63, 3.8) is 0 Å². The first-order valence-electron chi connectivity index (χ1n) is 13.5. The fourth-order valence-corrected chi connectivity index (χ4v) is 9.31. The molecule has 0 heterocycles. The van der Waals surface area contributed by atoms with E-state index in [1.807, 2.05) is 0 Å². The lowest BCUT2D eigenvalue weighted by atomic mass is 9.48. The summed E-state index contributed by atoms with van der Waals surface area (Å²) < 4.78 is 0. The van der Waals surface area contributed by atoms with Crippen molar-refractivity contribution in [2.75, 3.05) is 0 Å². The zero-order valence-electron chi connectivity index (χ0n) is 20.3. The van der Waals surface area contributed by atoms with Crippen LogP contribution in [0.25, 0.3) is 0 Å². The molecule has 1 nitrogen and oxygen atoms in total. The van der Waals surface area contributed by atoms with Crippen LogP contribution in [-0.2, 0) is 0 Å². The van der Waals surface area contributed by atoms with Crippen LogP contribution in [0.2, 0.25) is 0 Å². The van der Waals surface area contributed by atoms with E-state index >= 15 is 0 Å². The summed E-state index contributed by atoms with van der Waals surface area (Å²) in [6.07, 6.45) is 17.7. The van der Waals surface area contributed by atoms with Gasteiger partial charge in [0.25, 0.3) is 0 Å². The van der Waals surface area contributed by atoms with Gasteiger partial charge in [0.2, 0.25) is 0 Å². The Morgan fingerprint density at radius 1 is 0.862 bits per heavy atom. The Morgan fingerprint density at radius 2 is 1.62 bits per heavy atom. The van der Waals surface area contributed by atoms with Crippen molar-refractivity contribution in [3.8, 4) is 0 Å². The van der Waals surface area contributed by atoms with E-state index in [1.165, 1.54) is 64.2 Å². The number of hydrogen-bond acceptors (Lipinski definition) is 1. The first kappa shape index (κ1) is 22.2. The second-order valence-corrected chi connectivity index (χ2v) is 12.8. The van der Waals surface area contributed by atoms with Crippen LogP contribution in [0.5, 0.6) is 0 Å². The van der Waals surface area contributed by atoms with Crippen LogP contribution < -0.4 is 0 Å². The molecule has 29 heavy (non-hydrogen) atoms. The van der Waals surface area contributed by atoms with Crippen molar-refractivity contribution < 1.29 is 5.11 Å². The Bertz CT molecular complexity index is 555. The standard InChI is InChI=1S/C28H50O/c1-6-28(29)17-15-22-21(18-28)10-11-24-23(22)14-16-27(5)25(12-13-26(24)27)20(4)9-7-8-19(2)3/h19-26,29H,6-18H2,1-5H3/t20-,21+,22+,23-,24-,25-,26+,27-,28+/m1/s1. The molecule has 1 N–H and O–H groups in total. The van der Waals surface area contributed by atoms with Crippen molar-refractivity contribution in [2.45, 2.75) is 124 Å². The summed E-state index contributed by atoms with van der Waals surface area (Å²) in [5.41, 5.74) is 0.297. The van der Waals surface area contributed by atoms with E-state index in [0.29, 0.717) is 5.41 Å². The molecule has 168 valence electrons. The highest BCUT2D eigenvalue weighted by Gasteiger charge is 2.58. The van der Waals surface area contributed by atoms with Crippen molar-refractivity contribution >= 4 is 0 Å². The summed E-state index contributed by atoms with van der Waals surface area (Å²) in [7, 11) is 0. The second-order valence-electron chi connectivity index (χ2n) is 12.8. The van der Waals surface area contributed by atoms with E-state index < -0.39 is 0 Å². The molecule has 4 aliphatic rings. The van der Waals surface area contributed by atoms with Gasteiger partial charge in [-0.3, -0.25) is 0 Å². The average molecular weight is 403 g/mol. The molecular formula is C28H50O. The third kappa shape index (κ3) is 4.08. The minimum Gasteiger partial charge on any atom is -0.390 e. The molecular weight excluding hydrogens is 352 g/mol. The lowest BCUT2D eigenvalue weighted by Crippen LogP contribution is -2.51. The summed E-state index contributed by atoms with van der Waals surface area (Å²) in [6.45, 7) is 12.3. The highest BCUT2D eigenvalue weighted by atomic mass is 16.3. The maximum absolute atomic E-state index is 10.9. The fourth-order valence-electron chi connectivity index (χ4n) is 9.31. The lowest BCUT2D eigenvalue weighted by Gasteiger charge is -2.57. The zero-order valence-corrected chi connectivity index (χ0v) is 20.3. The molecule has 0 spiro atoms. The van der Waals surface area contributed by atoms with Gasteiger partial charge in [0, 0.05) is 0 Å². The summed E-state index contributed by atoms with van der Waals surface area (Å²) in [6, 6.07) is 0. The van der Waals surface area contributed by atoms with E-state index in [4.69, 9.17) is 0 Å². The van der Waals surface area contributed by atoms with Gasteiger partial charge in [0.05, 0.1) is 5.60 Å². The van der Waals surface area contributed by atoms with Crippen LogP contribution in [0.1, 0.15) is 118 Å². The molecule has 0 aliphatic heterocycles. The molecule has 4 aliphatic carbocycles. The molecule has 0 saturated heterocycles. The molecule has 4 fully saturated rings. The van der Waals surface area contributed by atoms with Crippen LogP contribution in [-0.4, -0.2) is 10.7 Å². The van der Waals surface area contributed by atoms with Gasteiger partial charge >= 0.3 is 0 Å². The van der Waals surface area contributed by atoms with E-state index in [0.717, 1.165) is 66.6 Å². The molecule has 0 aromatic heterocycles. The minimum absolute atomic E-state index is 0.332. The molecule has 0 radical (unpaired) electrons. The predicted molar refractivity (Wildman–Crippen MR) is 124 cm³/mol. The highest BCUT2D eigenvalue weighted by molar-refractivity contribution is 5.07. The molecule has 4 rings (SSSR count). The van der Waals surface area contributed by atoms with Crippen molar-refractivity contribution in [2.24, 2.45) is 52.8 Å². The van der Waals surface area contributed by atoms with Gasteiger partial charge in [-0.2, -0.15) is 0 Å². The molecule has 0 aromatic carbocycles. The van der Waals surface area contributed by atoms with Crippen LogP contribution in [0.15, 0.2) is 0 Å². The van der Waals surface area contributed by atoms with Crippen LogP contribution >= 0.6 is 0 Å². The quantitative estimate of drug-likeness (QED) is 0.479. The van der Waals surface area contributed by atoms with Gasteiger partial charge in [0.15, 0.2) is 0 Å². The molecule has 0 unspecified atom stereocenters. The van der Waals surface area contributed by atoms with Crippen molar-refractivity contribution in [3.05, 3.63) is 0 Å². The van der Waals surface area contributed by atoms with E-state index in [9.17, 15) is 5.11 Å².